The summed E-state index contributed by atoms with van der Waals surface area (Å²) in [6.45, 7) is 2.60. The second-order valence-electron chi connectivity index (χ2n) is 5.32. The van der Waals surface area contributed by atoms with Crippen molar-refractivity contribution in [1.82, 2.24) is 10.6 Å². The van der Waals surface area contributed by atoms with Gasteiger partial charge < -0.3 is 10.6 Å². The average Bonchev–Trinajstić information content (AvgIpc) is 2.44. The van der Waals surface area contributed by atoms with Crippen LogP contribution in [0.15, 0.2) is 18.2 Å². The zero-order valence-corrected chi connectivity index (χ0v) is 11.6. The second-order valence-corrected chi connectivity index (χ2v) is 5.32. The third-order valence-electron chi connectivity index (χ3n) is 3.59. The quantitative estimate of drug-likeness (QED) is 0.888. The smallest absolute Gasteiger partial charge is 0.237 e. The fourth-order valence-electron chi connectivity index (χ4n) is 2.50. The number of carbonyl (C=O) groups excluding carboxylic acids is 1. The lowest BCUT2D eigenvalue weighted by atomic mass is 10.0. The molecule has 0 saturated carbocycles. The molecule has 2 atom stereocenters. The molecule has 1 saturated heterocycles. The Hall–Kier alpha value is -1.49. The van der Waals surface area contributed by atoms with Crippen LogP contribution in [0.4, 0.5) is 8.78 Å². The highest BCUT2D eigenvalue weighted by atomic mass is 19.1. The first kappa shape index (κ1) is 14.9. The van der Waals surface area contributed by atoms with Gasteiger partial charge in [0.25, 0.3) is 0 Å². The van der Waals surface area contributed by atoms with Gasteiger partial charge in [-0.15, -0.1) is 0 Å². The summed E-state index contributed by atoms with van der Waals surface area (Å²) >= 11 is 0. The van der Waals surface area contributed by atoms with Gasteiger partial charge in [0.05, 0.1) is 6.04 Å². The molecule has 20 heavy (non-hydrogen) atoms. The molecule has 0 bridgehead atoms. The van der Waals surface area contributed by atoms with Gasteiger partial charge in [-0.3, -0.25) is 4.79 Å². The molecule has 1 heterocycles. The van der Waals surface area contributed by atoms with Gasteiger partial charge in [0, 0.05) is 11.6 Å². The van der Waals surface area contributed by atoms with Crippen LogP contribution in [0.5, 0.6) is 0 Å². The fraction of sp³-hybridized carbons (Fsp3) is 0.533. The molecular weight excluding hydrogens is 262 g/mol. The number of benzene rings is 1. The standard InChI is InChI=1S/C15H20F2N2O/c1-10(9-11-12(16)5-4-6-13(11)17)19-15(20)14-7-2-3-8-18-14/h4-6,10,14,18H,2-3,7-9H2,1H3,(H,19,20)/t10?,14-/m1/s1. The Bertz CT molecular complexity index is 453. The zero-order valence-electron chi connectivity index (χ0n) is 11.6. The van der Waals surface area contributed by atoms with Crippen LogP contribution in [0.1, 0.15) is 31.7 Å². The third kappa shape index (κ3) is 3.76. The van der Waals surface area contributed by atoms with E-state index in [1.165, 1.54) is 18.2 Å². The normalized spacial score (nSPS) is 20.4. The molecule has 1 unspecified atom stereocenters. The number of halogens is 2. The number of rotatable bonds is 4. The van der Waals surface area contributed by atoms with Crippen molar-refractivity contribution in [3.63, 3.8) is 0 Å². The van der Waals surface area contributed by atoms with Crippen molar-refractivity contribution in [3.05, 3.63) is 35.4 Å². The monoisotopic (exact) mass is 282 g/mol. The number of piperidine rings is 1. The van der Waals surface area contributed by atoms with E-state index < -0.39 is 11.6 Å². The molecule has 0 aliphatic carbocycles. The Balaban J connectivity index is 1.91. The highest BCUT2D eigenvalue weighted by Crippen LogP contribution is 2.14. The van der Waals surface area contributed by atoms with Crippen LogP contribution in [0.3, 0.4) is 0 Å². The minimum absolute atomic E-state index is 0.0249. The summed E-state index contributed by atoms with van der Waals surface area (Å²) in [5.74, 6) is -1.22. The maximum atomic E-state index is 13.5. The molecule has 0 aromatic heterocycles. The molecular formula is C15H20F2N2O. The number of hydrogen-bond donors (Lipinski definition) is 2. The largest absolute Gasteiger partial charge is 0.352 e. The van der Waals surface area contributed by atoms with Crippen LogP contribution < -0.4 is 10.6 Å². The van der Waals surface area contributed by atoms with Gasteiger partial charge in [0.15, 0.2) is 0 Å². The average molecular weight is 282 g/mol. The summed E-state index contributed by atoms with van der Waals surface area (Å²) in [7, 11) is 0. The first-order chi connectivity index (χ1) is 9.58. The molecule has 1 aliphatic rings. The van der Waals surface area contributed by atoms with E-state index in [4.69, 9.17) is 0 Å². The van der Waals surface area contributed by atoms with Crippen LogP contribution >= 0.6 is 0 Å². The molecule has 110 valence electrons. The first-order valence-corrected chi connectivity index (χ1v) is 7.04. The summed E-state index contributed by atoms with van der Waals surface area (Å²) in [6.07, 6.45) is 3.07. The third-order valence-corrected chi connectivity index (χ3v) is 3.59. The van der Waals surface area contributed by atoms with Crippen molar-refractivity contribution in [2.24, 2.45) is 0 Å². The highest BCUT2D eigenvalue weighted by Gasteiger charge is 2.22. The molecule has 1 fully saturated rings. The lowest BCUT2D eigenvalue weighted by molar-refractivity contribution is -0.124. The van der Waals surface area contributed by atoms with Crippen molar-refractivity contribution in [3.8, 4) is 0 Å². The summed E-state index contributed by atoms with van der Waals surface area (Å²) in [5.41, 5.74) is 0.0249. The van der Waals surface area contributed by atoms with Gasteiger partial charge in [0.2, 0.25) is 5.91 Å². The second kappa shape index (κ2) is 6.79. The predicted molar refractivity (Wildman–Crippen MR) is 73.3 cm³/mol. The Labute approximate surface area is 117 Å². The molecule has 5 heteroatoms. The number of hydrogen-bond acceptors (Lipinski definition) is 2. The van der Waals surface area contributed by atoms with Crippen molar-refractivity contribution >= 4 is 5.91 Å². The van der Waals surface area contributed by atoms with Crippen molar-refractivity contribution in [1.29, 1.82) is 0 Å². The highest BCUT2D eigenvalue weighted by molar-refractivity contribution is 5.82. The number of carbonyl (C=O) groups is 1. The van der Waals surface area contributed by atoms with Gasteiger partial charge in [-0.2, -0.15) is 0 Å². The van der Waals surface area contributed by atoms with Crippen LogP contribution in [0.25, 0.3) is 0 Å². The van der Waals surface area contributed by atoms with Gasteiger partial charge in [0.1, 0.15) is 11.6 Å². The summed E-state index contributed by atoms with van der Waals surface area (Å²) < 4.78 is 27.1. The molecule has 3 nitrogen and oxygen atoms in total. The van der Waals surface area contributed by atoms with Gasteiger partial charge in [-0.05, 0) is 44.9 Å². The summed E-state index contributed by atoms with van der Waals surface area (Å²) in [4.78, 5) is 12.0. The topological polar surface area (TPSA) is 41.1 Å². The van der Waals surface area contributed by atoms with Crippen LogP contribution in [-0.4, -0.2) is 24.5 Å². The lowest BCUT2D eigenvalue weighted by Gasteiger charge is -2.24. The van der Waals surface area contributed by atoms with Crippen molar-refractivity contribution in [2.45, 2.75) is 44.7 Å². The molecule has 0 spiro atoms. The molecule has 2 N–H and O–H groups in total. The maximum Gasteiger partial charge on any atom is 0.237 e. The lowest BCUT2D eigenvalue weighted by Crippen LogP contribution is -2.49. The van der Waals surface area contributed by atoms with Gasteiger partial charge in [-0.1, -0.05) is 12.5 Å². The van der Waals surface area contributed by atoms with Crippen LogP contribution in [0.2, 0.25) is 0 Å². The van der Waals surface area contributed by atoms with E-state index in [-0.39, 0.29) is 30.0 Å². The molecule has 1 aromatic rings. The summed E-state index contributed by atoms with van der Waals surface area (Å²) in [5, 5.41) is 5.97. The molecule has 0 radical (unpaired) electrons. The fourth-order valence-corrected chi connectivity index (χ4v) is 2.50. The SMILES string of the molecule is CC(Cc1c(F)cccc1F)NC(=O)[C@H]1CCCCN1. The summed E-state index contributed by atoms with van der Waals surface area (Å²) in [6, 6.07) is 3.31. The Kier molecular flexibility index (Phi) is 5.06. The predicted octanol–water partition coefficient (Wildman–Crippen LogP) is 2.15. The van der Waals surface area contributed by atoms with E-state index in [2.05, 4.69) is 10.6 Å². The molecule has 1 aliphatic heterocycles. The minimum atomic E-state index is -0.568. The number of amides is 1. The van der Waals surface area contributed by atoms with Crippen molar-refractivity contribution < 1.29 is 13.6 Å². The Morgan fingerprint density at radius 3 is 2.70 bits per heavy atom. The zero-order chi connectivity index (χ0) is 14.5. The van der Waals surface area contributed by atoms with Crippen LogP contribution in [-0.2, 0) is 11.2 Å². The van der Waals surface area contributed by atoms with Gasteiger partial charge >= 0.3 is 0 Å². The van der Waals surface area contributed by atoms with E-state index in [0.29, 0.717) is 0 Å². The van der Waals surface area contributed by atoms with E-state index in [1.807, 2.05) is 0 Å². The molecule has 1 aromatic carbocycles. The van der Waals surface area contributed by atoms with Crippen LogP contribution in [0, 0.1) is 11.6 Å². The van der Waals surface area contributed by atoms with Crippen molar-refractivity contribution in [2.75, 3.05) is 6.54 Å². The molecule has 2 rings (SSSR count). The van der Waals surface area contributed by atoms with E-state index in [9.17, 15) is 13.6 Å². The maximum absolute atomic E-state index is 13.5. The van der Waals surface area contributed by atoms with E-state index in [1.54, 1.807) is 6.92 Å². The molecule has 1 amide bonds. The number of nitrogens with one attached hydrogen (secondary N) is 2. The van der Waals surface area contributed by atoms with E-state index in [0.717, 1.165) is 25.8 Å². The Morgan fingerprint density at radius 2 is 2.10 bits per heavy atom. The first-order valence-electron chi connectivity index (χ1n) is 7.04. The Morgan fingerprint density at radius 1 is 1.40 bits per heavy atom. The van der Waals surface area contributed by atoms with Gasteiger partial charge in [-0.25, -0.2) is 8.78 Å². The minimum Gasteiger partial charge on any atom is -0.352 e. The van der Waals surface area contributed by atoms with E-state index >= 15 is 0 Å².